The van der Waals surface area contributed by atoms with Crippen molar-refractivity contribution in [1.82, 2.24) is 9.80 Å². The van der Waals surface area contributed by atoms with Gasteiger partial charge >= 0.3 is 0 Å². The smallest absolute Gasteiger partial charge is 0.226 e. The molecule has 1 unspecified atom stereocenters. The fourth-order valence-corrected chi connectivity index (χ4v) is 5.90. The van der Waals surface area contributed by atoms with Crippen LogP contribution in [-0.2, 0) is 11.2 Å². The zero-order valence-corrected chi connectivity index (χ0v) is 21.9. The summed E-state index contributed by atoms with van der Waals surface area (Å²) in [4.78, 5) is 17.5. The number of likely N-dealkylation sites (tertiary alicyclic amines) is 1. The fraction of sp³-hybridized carbons (Fsp3) is 0.536. The highest BCUT2D eigenvalue weighted by molar-refractivity contribution is 6.37. The Hall–Kier alpha value is -1.75. The summed E-state index contributed by atoms with van der Waals surface area (Å²) in [6.07, 6.45) is 8.52. The summed E-state index contributed by atoms with van der Waals surface area (Å²) in [5.74, 6) is 1.09. The van der Waals surface area contributed by atoms with Crippen LogP contribution in [-0.4, -0.2) is 55.5 Å². The van der Waals surface area contributed by atoms with E-state index in [2.05, 4.69) is 23.9 Å². The molecule has 1 aliphatic carbocycles. The van der Waals surface area contributed by atoms with Crippen LogP contribution in [0.2, 0.25) is 10.0 Å². The lowest BCUT2D eigenvalue weighted by molar-refractivity contribution is -0.133. The molecule has 1 atom stereocenters. The number of ether oxygens (including phenoxy) is 1. The molecule has 0 radical (unpaired) electrons. The molecular formula is C28H36Cl2N2O2. The molecule has 184 valence electrons. The minimum absolute atomic E-state index is 0.0369. The molecular weight excluding hydrogens is 467 g/mol. The van der Waals surface area contributed by atoms with Gasteiger partial charge in [0.1, 0.15) is 5.75 Å². The largest absolute Gasteiger partial charge is 0.494 e. The third kappa shape index (κ3) is 6.08. The van der Waals surface area contributed by atoms with E-state index >= 15 is 0 Å². The lowest BCUT2D eigenvalue weighted by atomic mass is 9.93. The van der Waals surface area contributed by atoms with E-state index in [1.165, 1.54) is 19.3 Å². The summed E-state index contributed by atoms with van der Waals surface area (Å²) < 4.78 is 5.86. The highest BCUT2D eigenvalue weighted by atomic mass is 35.5. The van der Waals surface area contributed by atoms with Crippen molar-refractivity contribution in [2.75, 3.05) is 33.8 Å². The van der Waals surface area contributed by atoms with Crippen LogP contribution < -0.4 is 4.74 Å². The Bertz CT molecular complexity index is 971. The lowest BCUT2D eigenvalue weighted by Crippen LogP contribution is -2.39. The molecule has 34 heavy (non-hydrogen) atoms. The number of carbonyl (C=O) groups excluding carboxylic acids is 1. The number of halogens is 2. The molecule has 1 saturated heterocycles. The van der Waals surface area contributed by atoms with Gasteiger partial charge in [0.25, 0.3) is 0 Å². The van der Waals surface area contributed by atoms with Gasteiger partial charge in [-0.1, -0.05) is 60.7 Å². The summed E-state index contributed by atoms with van der Waals surface area (Å²) >= 11 is 13.5. The van der Waals surface area contributed by atoms with E-state index in [1.807, 2.05) is 36.4 Å². The van der Waals surface area contributed by atoms with Gasteiger partial charge in [-0.15, -0.1) is 0 Å². The minimum Gasteiger partial charge on any atom is -0.494 e. The van der Waals surface area contributed by atoms with Crippen LogP contribution in [0.5, 0.6) is 5.75 Å². The topological polar surface area (TPSA) is 32.8 Å². The lowest BCUT2D eigenvalue weighted by Gasteiger charge is -2.31. The average molecular weight is 504 g/mol. The number of hydrogen-bond acceptors (Lipinski definition) is 3. The molecule has 2 aliphatic rings. The molecule has 2 fully saturated rings. The molecule has 0 aromatic heterocycles. The quantitative estimate of drug-likeness (QED) is 0.357. The maximum absolute atomic E-state index is 13.2. The molecule has 0 bridgehead atoms. The molecule has 1 amide bonds. The average Bonchev–Trinajstić information content (AvgIpc) is 3.20. The first-order valence-corrected chi connectivity index (χ1v) is 13.3. The number of amides is 1. The maximum atomic E-state index is 13.2. The van der Waals surface area contributed by atoms with Gasteiger partial charge in [0.2, 0.25) is 5.91 Å². The van der Waals surface area contributed by atoms with Crippen molar-refractivity contribution in [3.63, 3.8) is 0 Å². The summed E-state index contributed by atoms with van der Waals surface area (Å²) in [6, 6.07) is 12.3. The maximum Gasteiger partial charge on any atom is 0.226 e. The standard InChI is InChI=1S/C28H36Cl2N2O2/c1-31(2)16-6-18-34-23-11-9-20(10-12-23)24-13-14-26(29)25(27(24)30)19-21-15-17-32(28(21)33)22-7-4-3-5-8-22/h9-14,21-22H,3-8,15-19H2,1-2H3. The van der Waals surface area contributed by atoms with Crippen molar-refractivity contribution in [1.29, 1.82) is 0 Å². The van der Waals surface area contributed by atoms with E-state index in [0.717, 1.165) is 61.2 Å². The van der Waals surface area contributed by atoms with Crippen LogP contribution >= 0.6 is 23.2 Å². The first kappa shape index (κ1) is 25.3. The van der Waals surface area contributed by atoms with E-state index in [9.17, 15) is 4.79 Å². The van der Waals surface area contributed by atoms with Crippen molar-refractivity contribution in [3.8, 4) is 16.9 Å². The Balaban J connectivity index is 1.43. The first-order valence-electron chi connectivity index (χ1n) is 12.6. The fourth-order valence-electron chi connectivity index (χ4n) is 5.26. The molecule has 0 N–H and O–H groups in total. The third-order valence-corrected chi connectivity index (χ3v) is 7.97. The highest BCUT2D eigenvalue weighted by Gasteiger charge is 2.36. The van der Waals surface area contributed by atoms with Crippen LogP contribution in [0.4, 0.5) is 0 Å². The number of nitrogens with zero attached hydrogens (tertiary/aromatic N) is 2. The molecule has 0 spiro atoms. The van der Waals surface area contributed by atoms with Crippen LogP contribution in [0.15, 0.2) is 36.4 Å². The van der Waals surface area contributed by atoms with E-state index in [0.29, 0.717) is 29.1 Å². The summed E-state index contributed by atoms with van der Waals surface area (Å²) in [5, 5.41) is 1.29. The number of hydrogen-bond donors (Lipinski definition) is 0. The van der Waals surface area contributed by atoms with Gasteiger partial charge < -0.3 is 14.5 Å². The summed E-state index contributed by atoms with van der Waals surface area (Å²) in [7, 11) is 4.13. The number of rotatable bonds is 9. The third-order valence-electron chi connectivity index (χ3n) is 7.19. The zero-order valence-electron chi connectivity index (χ0n) is 20.4. The Morgan fingerprint density at radius 3 is 2.44 bits per heavy atom. The van der Waals surface area contributed by atoms with E-state index in [-0.39, 0.29) is 11.8 Å². The Labute approximate surface area is 214 Å². The molecule has 6 heteroatoms. The van der Waals surface area contributed by atoms with Crippen molar-refractivity contribution < 1.29 is 9.53 Å². The molecule has 1 heterocycles. The second-order valence-corrected chi connectivity index (χ2v) is 10.7. The van der Waals surface area contributed by atoms with Crippen LogP contribution in [0.3, 0.4) is 0 Å². The molecule has 1 saturated carbocycles. The van der Waals surface area contributed by atoms with E-state index < -0.39 is 0 Å². The SMILES string of the molecule is CN(C)CCCOc1ccc(-c2ccc(Cl)c(CC3CCN(C4CCCCC4)C3=O)c2Cl)cc1. The van der Waals surface area contributed by atoms with Crippen molar-refractivity contribution in [2.24, 2.45) is 5.92 Å². The van der Waals surface area contributed by atoms with Crippen molar-refractivity contribution in [2.45, 2.75) is 57.4 Å². The predicted molar refractivity (Wildman–Crippen MR) is 141 cm³/mol. The number of carbonyl (C=O) groups is 1. The highest BCUT2D eigenvalue weighted by Crippen LogP contribution is 2.39. The van der Waals surface area contributed by atoms with Gasteiger partial charge in [0, 0.05) is 35.6 Å². The molecule has 2 aromatic rings. The van der Waals surface area contributed by atoms with Gasteiger partial charge in [-0.25, -0.2) is 0 Å². The van der Waals surface area contributed by atoms with Crippen LogP contribution in [0.25, 0.3) is 11.1 Å². The monoisotopic (exact) mass is 502 g/mol. The van der Waals surface area contributed by atoms with Gasteiger partial charge in [-0.3, -0.25) is 4.79 Å². The Morgan fingerprint density at radius 1 is 1.00 bits per heavy atom. The minimum atomic E-state index is -0.0369. The predicted octanol–water partition coefficient (Wildman–Crippen LogP) is 6.71. The van der Waals surface area contributed by atoms with Crippen molar-refractivity contribution in [3.05, 3.63) is 52.0 Å². The van der Waals surface area contributed by atoms with Crippen molar-refractivity contribution >= 4 is 29.1 Å². The number of benzene rings is 2. The summed E-state index contributed by atoms with van der Waals surface area (Å²) in [5.41, 5.74) is 2.84. The van der Waals surface area contributed by atoms with Crippen LogP contribution in [0.1, 0.15) is 50.5 Å². The molecule has 4 rings (SSSR count). The second-order valence-electron chi connectivity index (χ2n) is 9.93. The van der Waals surface area contributed by atoms with Crippen LogP contribution in [0, 0.1) is 5.92 Å². The second kappa shape index (κ2) is 11.8. The zero-order chi connectivity index (χ0) is 24.1. The molecule has 4 nitrogen and oxygen atoms in total. The van der Waals surface area contributed by atoms with E-state index in [1.54, 1.807) is 0 Å². The van der Waals surface area contributed by atoms with Gasteiger partial charge in [-0.2, -0.15) is 0 Å². The van der Waals surface area contributed by atoms with Gasteiger partial charge in [0.15, 0.2) is 0 Å². The first-order chi connectivity index (χ1) is 16.4. The Kier molecular flexibility index (Phi) is 8.79. The summed E-state index contributed by atoms with van der Waals surface area (Å²) in [6.45, 7) is 2.55. The molecule has 2 aromatic carbocycles. The van der Waals surface area contributed by atoms with E-state index in [4.69, 9.17) is 27.9 Å². The van der Waals surface area contributed by atoms with Gasteiger partial charge in [-0.05, 0) is 75.5 Å². The normalized spacial score (nSPS) is 19.3. The molecule has 1 aliphatic heterocycles. The Morgan fingerprint density at radius 2 is 1.74 bits per heavy atom. The van der Waals surface area contributed by atoms with Gasteiger partial charge in [0.05, 0.1) is 11.6 Å².